The normalized spacial score (nSPS) is 9.95. The van der Waals surface area contributed by atoms with Crippen molar-refractivity contribution in [3.63, 3.8) is 0 Å². The molecule has 2 aromatic rings. The molecule has 0 amide bonds. The molecule has 0 spiro atoms. The Balaban J connectivity index is 2.14. The van der Waals surface area contributed by atoms with Gasteiger partial charge >= 0.3 is 0 Å². The van der Waals surface area contributed by atoms with Crippen LogP contribution in [-0.4, -0.2) is 6.61 Å². The molecule has 0 radical (unpaired) electrons. The Morgan fingerprint density at radius 1 is 1.19 bits per heavy atom. The van der Waals surface area contributed by atoms with Crippen LogP contribution >= 0.6 is 0 Å². The Morgan fingerprint density at radius 3 is 2.67 bits per heavy atom. The Hall–Kier alpha value is -2.74. The summed E-state index contributed by atoms with van der Waals surface area (Å²) in [6.07, 6.45) is 0. The minimum atomic E-state index is -0.604. The van der Waals surface area contributed by atoms with Crippen LogP contribution in [0.3, 0.4) is 0 Å². The van der Waals surface area contributed by atoms with Crippen LogP contribution in [0.25, 0.3) is 0 Å². The van der Waals surface area contributed by atoms with Gasteiger partial charge in [-0.1, -0.05) is 0 Å². The van der Waals surface area contributed by atoms with Crippen LogP contribution in [0, 0.1) is 17.1 Å². The van der Waals surface area contributed by atoms with Crippen molar-refractivity contribution in [2.24, 2.45) is 0 Å². The van der Waals surface area contributed by atoms with E-state index in [1.165, 1.54) is 12.1 Å². The largest absolute Gasteiger partial charge is 0.493 e. The minimum Gasteiger partial charge on any atom is -0.493 e. The highest BCUT2D eigenvalue weighted by molar-refractivity contribution is 5.48. The Kier molecular flexibility index (Phi) is 4.62. The third-order valence-electron chi connectivity index (χ3n) is 2.84. The van der Waals surface area contributed by atoms with Crippen molar-refractivity contribution in [1.29, 1.82) is 5.26 Å². The van der Waals surface area contributed by atoms with Gasteiger partial charge in [0, 0.05) is 17.3 Å². The molecule has 0 saturated heterocycles. The number of ether oxygens (including phenoxy) is 2. The van der Waals surface area contributed by atoms with E-state index in [9.17, 15) is 4.39 Å². The number of nitrogens with zero attached hydrogens (tertiary/aromatic N) is 1. The van der Waals surface area contributed by atoms with E-state index in [4.69, 9.17) is 20.5 Å². The monoisotopic (exact) mass is 286 g/mol. The molecule has 0 aromatic heterocycles. The van der Waals surface area contributed by atoms with Gasteiger partial charge < -0.3 is 15.2 Å². The van der Waals surface area contributed by atoms with Crippen LogP contribution in [0.2, 0.25) is 0 Å². The SMILES string of the molecule is CCOc1ccc(N)cc1COc1ccc(C#N)c(F)c1. The van der Waals surface area contributed by atoms with Gasteiger partial charge in [-0.3, -0.25) is 0 Å². The maximum Gasteiger partial charge on any atom is 0.144 e. The Morgan fingerprint density at radius 2 is 2.00 bits per heavy atom. The van der Waals surface area contributed by atoms with Gasteiger partial charge in [-0.25, -0.2) is 4.39 Å². The number of anilines is 1. The van der Waals surface area contributed by atoms with Gasteiger partial charge in [-0.2, -0.15) is 5.26 Å². The molecule has 0 heterocycles. The topological polar surface area (TPSA) is 68.3 Å². The van der Waals surface area contributed by atoms with Gasteiger partial charge in [0.15, 0.2) is 0 Å². The van der Waals surface area contributed by atoms with Gasteiger partial charge in [0.25, 0.3) is 0 Å². The van der Waals surface area contributed by atoms with E-state index < -0.39 is 5.82 Å². The van der Waals surface area contributed by atoms with E-state index >= 15 is 0 Å². The third-order valence-corrected chi connectivity index (χ3v) is 2.84. The van der Waals surface area contributed by atoms with Crippen LogP contribution in [-0.2, 0) is 6.61 Å². The molecule has 0 atom stereocenters. The molecule has 0 aliphatic carbocycles. The molecule has 0 aliphatic heterocycles. The summed E-state index contributed by atoms with van der Waals surface area (Å²) in [6, 6.07) is 11.2. The summed E-state index contributed by atoms with van der Waals surface area (Å²) in [6.45, 7) is 2.62. The second-order valence-electron chi connectivity index (χ2n) is 4.34. The van der Waals surface area contributed by atoms with Crippen molar-refractivity contribution in [2.45, 2.75) is 13.5 Å². The number of halogens is 1. The third kappa shape index (κ3) is 3.63. The van der Waals surface area contributed by atoms with Crippen LogP contribution < -0.4 is 15.2 Å². The lowest BCUT2D eigenvalue weighted by Gasteiger charge is -2.12. The van der Waals surface area contributed by atoms with Crippen molar-refractivity contribution in [3.05, 3.63) is 53.3 Å². The summed E-state index contributed by atoms with van der Waals surface area (Å²) in [5, 5.41) is 8.68. The molecule has 108 valence electrons. The van der Waals surface area contributed by atoms with E-state index in [0.717, 1.165) is 5.56 Å². The predicted molar refractivity (Wildman–Crippen MR) is 77.5 cm³/mol. The van der Waals surface area contributed by atoms with Crippen LogP contribution in [0.15, 0.2) is 36.4 Å². The fourth-order valence-corrected chi connectivity index (χ4v) is 1.85. The number of nitrogens with two attached hydrogens (primary N) is 1. The van der Waals surface area contributed by atoms with Gasteiger partial charge in [0.2, 0.25) is 0 Å². The average Bonchev–Trinajstić information content (AvgIpc) is 2.48. The number of hydrogen-bond acceptors (Lipinski definition) is 4. The number of nitrogen functional groups attached to an aromatic ring is 1. The molecule has 2 N–H and O–H groups in total. The van der Waals surface area contributed by atoms with E-state index in [-0.39, 0.29) is 12.2 Å². The van der Waals surface area contributed by atoms with Gasteiger partial charge in [-0.05, 0) is 37.3 Å². The summed E-state index contributed by atoms with van der Waals surface area (Å²) >= 11 is 0. The summed E-state index contributed by atoms with van der Waals surface area (Å²) in [4.78, 5) is 0. The minimum absolute atomic E-state index is 0.0127. The van der Waals surface area contributed by atoms with Crippen molar-refractivity contribution < 1.29 is 13.9 Å². The number of nitriles is 1. The van der Waals surface area contributed by atoms with Crippen LogP contribution in [0.4, 0.5) is 10.1 Å². The van der Waals surface area contributed by atoms with E-state index in [2.05, 4.69) is 0 Å². The van der Waals surface area contributed by atoms with Crippen LogP contribution in [0.1, 0.15) is 18.1 Å². The lowest BCUT2D eigenvalue weighted by molar-refractivity contribution is 0.285. The molecule has 2 rings (SSSR count). The highest BCUT2D eigenvalue weighted by atomic mass is 19.1. The molecule has 21 heavy (non-hydrogen) atoms. The average molecular weight is 286 g/mol. The lowest BCUT2D eigenvalue weighted by Crippen LogP contribution is -2.02. The zero-order valence-corrected chi connectivity index (χ0v) is 11.6. The standard InChI is InChI=1S/C16H15FN2O2/c1-2-20-16-6-4-13(19)7-12(16)10-21-14-5-3-11(9-18)15(17)8-14/h3-8H,2,10,19H2,1H3. The van der Waals surface area contributed by atoms with Crippen molar-refractivity contribution in [3.8, 4) is 17.6 Å². The molecule has 2 aromatic carbocycles. The number of rotatable bonds is 5. The maximum absolute atomic E-state index is 13.5. The molecule has 0 unspecified atom stereocenters. The summed E-state index contributed by atoms with van der Waals surface area (Å²) in [7, 11) is 0. The number of hydrogen-bond donors (Lipinski definition) is 1. The zero-order chi connectivity index (χ0) is 15.2. The van der Waals surface area contributed by atoms with E-state index in [1.807, 2.05) is 6.92 Å². The molecule has 4 nitrogen and oxygen atoms in total. The van der Waals surface area contributed by atoms with Crippen molar-refractivity contribution in [1.82, 2.24) is 0 Å². The summed E-state index contributed by atoms with van der Waals surface area (Å²) < 4.78 is 24.5. The Labute approximate surface area is 122 Å². The predicted octanol–water partition coefficient (Wildman–Crippen LogP) is 3.26. The highest BCUT2D eigenvalue weighted by Crippen LogP contribution is 2.24. The second kappa shape index (κ2) is 6.62. The molecule has 0 bridgehead atoms. The summed E-state index contributed by atoms with van der Waals surface area (Å²) in [5.74, 6) is 0.421. The van der Waals surface area contributed by atoms with E-state index in [1.54, 1.807) is 30.3 Å². The highest BCUT2D eigenvalue weighted by Gasteiger charge is 2.07. The molecular weight excluding hydrogens is 271 g/mol. The van der Waals surface area contributed by atoms with Gasteiger partial charge in [-0.15, -0.1) is 0 Å². The van der Waals surface area contributed by atoms with Crippen molar-refractivity contribution in [2.75, 3.05) is 12.3 Å². The molecule has 0 saturated carbocycles. The zero-order valence-electron chi connectivity index (χ0n) is 11.6. The quantitative estimate of drug-likeness (QED) is 0.857. The van der Waals surface area contributed by atoms with Crippen LogP contribution in [0.5, 0.6) is 11.5 Å². The Bertz CT molecular complexity index is 680. The maximum atomic E-state index is 13.5. The lowest BCUT2D eigenvalue weighted by atomic mass is 10.2. The fourth-order valence-electron chi connectivity index (χ4n) is 1.85. The van der Waals surface area contributed by atoms with Gasteiger partial charge in [0.05, 0.1) is 12.2 Å². The van der Waals surface area contributed by atoms with E-state index in [0.29, 0.717) is 23.8 Å². The first-order valence-corrected chi connectivity index (χ1v) is 6.47. The second-order valence-corrected chi connectivity index (χ2v) is 4.34. The smallest absolute Gasteiger partial charge is 0.144 e. The number of benzene rings is 2. The molecule has 0 fully saturated rings. The fraction of sp³-hybridized carbons (Fsp3) is 0.188. The first-order chi connectivity index (χ1) is 10.1. The molecule has 0 aliphatic rings. The van der Waals surface area contributed by atoms with Crippen molar-refractivity contribution >= 4 is 5.69 Å². The molecular formula is C16H15FN2O2. The summed E-state index contributed by atoms with van der Waals surface area (Å²) in [5.41, 5.74) is 7.11. The van der Waals surface area contributed by atoms with Gasteiger partial charge in [0.1, 0.15) is 30.0 Å². The first kappa shape index (κ1) is 14.7. The molecule has 5 heteroatoms. The first-order valence-electron chi connectivity index (χ1n) is 6.47.